The number of nitrogens with two attached hydrogens (primary N) is 1. The van der Waals surface area contributed by atoms with E-state index in [9.17, 15) is 4.79 Å². The van der Waals surface area contributed by atoms with Gasteiger partial charge in [-0.05, 0) is 12.1 Å². The van der Waals surface area contributed by atoms with Gasteiger partial charge < -0.3 is 5.73 Å². The van der Waals surface area contributed by atoms with Gasteiger partial charge >= 0.3 is 0 Å². The first-order chi connectivity index (χ1) is 7.16. The molecule has 15 heavy (non-hydrogen) atoms. The topological polar surface area (TPSA) is 56.0 Å². The summed E-state index contributed by atoms with van der Waals surface area (Å²) in [5, 5.41) is 3.08. The number of primary amides is 1. The van der Waals surface area contributed by atoms with Crippen molar-refractivity contribution in [1.82, 2.24) is 4.98 Å². The van der Waals surface area contributed by atoms with Crippen molar-refractivity contribution in [2.45, 2.75) is 0 Å². The van der Waals surface area contributed by atoms with Crippen LogP contribution in [0.25, 0.3) is 10.6 Å². The Kier molecular flexibility index (Phi) is 2.70. The van der Waals surface area contributed by atoms with Gasteiger partial charge in [-0.2, -0.15) is 0 Å². The summed E-state index contributed by atoms with van der Waals surface area (Å²) in [4.78, 5) is 15.0. The number of hydrogen-bond donors (Lipinski definition) is 1. The highest BCUT2D eigenvalue weighted by atomic mass is 35.5. The first-order valence-corrected chi connectivity index (χ1v) is 5.44. The second kappa shape index (κ2) is 4.00. The zero-order valence-corrected chi connectivity index (χ0v) is 9.18. The molecular formula is C10H7ClN2OS. The summed E-state index contributed by atoms with van der Waals surface area (Å²) < 4.78 is 0. The van der Waals surface area contributed by atoms with E-state index >= 15 is 0 Å². The van der Waals surface area contributed by atoms with E-state index < -0.39 is 5.91 Å². The average molecular weight is 239 g/mol. The first kappa shape index (κ1) is 10.1. The van der Waals surface area contributed by atoms with Crippen LogP contribution in [0, 0.1) is 0 Å². The number of halogens is 1. The van der Waals surface area contributed by atoms with Gasteiger partial charge in [-0.15, -0.1) is 11.3 Å². The fourth-order valence-corrected chi connectivity index (χ4v) is 2.05. The number of amides is 1. The zero-order valence-electron chi connectivity index (χ0n) is 7.61. The molecular weight excluding hydrogens is 232 g/mol. The molecule has 0 saturated heterocycles. The normalized spacial score (nSPS) is 10.2. The van der Waals surface area contributed by atoms with Gasteiger partial charge in [0, 0.05) is 16.0 Å². The molecule has 0 aliphatic carbocycles. The van der Waals surface area contributed by atoms with Crippen LogP contribution in [0.2, 0.25) is 5.02 Å². The number of carbonyl (C=O) groups excluding carboxylic acids is 1. The minimum absolute atomic E-state index is 0.296. The number of carbonyl (C=O) groups is 1. The summed E-state index contributed by atoms with van der Waals surface area (Å²) in [6.45, 7) is 0. The third-order valence-corrected chi connectivity index (χ3v) is 2.99. The largest absolute Gasteiger partial charge is 0.364 e. The molecule has 0 radical (unpaired) electrons. The van der Waals surface area contributed by atoms with Crippen molar-refractivity contribution in [3.05, 3.63) is 40.4 Å². The van der Waals surface area contributed by atoms with Crippen molar-refractivity contribution in [2.24, 2.45) is 5.73 Å². The van der Waals surface area contributed by atoms with Crippen molar-refractivity contribution in [3.8, 4) is 10.6 Å². The number of thiazole rings is 1. The van der Waals surface area contributed by atoms with Crippen molar-refractivity contribution in [2.75, 3.05) is 0 Å². The predicted octanol–water partition coefficient (Wildman–Crippen LogP) is 2.56. The number of nitrogens with zero attached hydrogens (tertiary/aromatic N) is 1. The molecule has 0 atom stereocenters. The molecule has 2 aromatic rings. The van der Waals surface area contributed by atoms with Crippen LogP contribution in [-0.4, -0.2) is 10.9 Å². The molecule has 2 rings (SSSR count). The molecule has 76 valence electrons. The van der Waals surface area contributed by atoms with Gasteiger partial charge in [-0.1, -0.05) is 23.7 Å². The van der Waals surface area contributed by atoms with Gasteiger partial charge in [0.05, 0.1) is 0 Å². The third kappa shape index (κ3) is 2.16. The molecule has 3 nitrogen and oxygen atoms in total. The van der Waals surface area contributed by atoms with Crippen LogP contribution in [0.3, 0.4) is 0 Å². The Labute approximate surface area is 95.5 Å². The smallest absolute Gasteiger partial charge is 0.268 e. The lowest BCUT2D eigenvalue weighted by Crippen LogP contribution is -2.10. The van der Waals surface area contributed by atoms with Crippen LogP contribution >= 0.6 is 22.9 Å². The van der Waals surface area contributed by atoms with Gasteiger partial charge in [-0.25, -0.2) is 4.98 Å². The van der Waals surface area contributed by atoms with Crippen LogP contribution in [-0.2, 0) is 0 Å². The van der Waals surface area contributed by atoms with Gasteiger partial charge in [0.1, 0.15) is 10.7 Å². The lowest BCUT2D eigenvalue weighted by molar-refractivity contribution is 0.0996. The summed E-state index contributed by atoms with van der Waals surface area (Å²) in [6.07, 6.45) is 0. The van der Waals surface area contributed by atoms with Crippen molar-refractivity contribution < 1.29 is 4.79 Å². The Hall–Kier alpha value is -1.39. The highest BCUT2D eigenvalue weighted by Gasteiger charge is 2.07. The summed E-state index contributed by atoms with van der Waals surface area (Å²) in [6, 6.07) is 7.27. The highest BCUT2D eigenvalue weighted by Crippen LogP contribution is 2.24. The first-order valence-electron chi connectivity index (χ1n) is 4.18. The molecule has 5 heteroatoms. The summed E-state index contributed by atoms with van der Waals surface area (Å²) in [7, 11) is 0. The van der Waals surface area contributed by atoms with E-state index in [1.165, 1.54) is 11.3 Å². The molecule has 0 bridgehead atoms. The standard InChI is InChI=1S/C10H7ClN2OS/c11-7-3-1-6(2-4-7)10-13-8(5-15-10)9(12)14/h1-5H,(H2,12,14). The summed E-state index contributed by atoms with van der Waals surface area (Å²) in [5.74, 6) is -0.508. The summed E-state index contributed by atoms with van der Waals surface area (Å²) >= 11 is 7.15. The molecule has 0 aliphatic rings. The molecule has 1 amide bonds. The molecule has 0 fully saturated rings. The van der Waals surface area contributed by atoms with Gasteiger partial charge in [0.2, 0.25) is 0 Å². The van der Waals surface area contributed by atoms with Crippen molar-refractivity contribution in [3.63, 3.8) is 0 Å². The fourth-order valence-electron chi connectivity index (χ4n) is 1.11. The minimum atomic E-state index is -0.508. The van der Waals surface area contributed by atoms with E-state index in [4.69, 9.17) is 17.3 Å². The molecule has 0 spiro atoms. The number of hydrogen-bond acceptors (Lipinski definition) is 3. The second-order valence-corrected chi connectivity index (χ2v) is 4.20. The predicted molar refractivity (Wildman–Crippen MR) is 61.1 cm³/mol. The van der Waals surface area contributed by atoms with Crippen LogP contribution in [0.5, 0.6) is 0 Å². The Balaban J connectivity index is 2.37. The second-order valence-electron chi connectivity index (χ2n) is 2.91. The van der Waals surface area contributed by atoms with E-state index in [1.54, 1.807) is 17.5 Å². The maximum atomic E-state index is 10.8. The molecule has 1 aromatic heterocycles. The van der Waals surface area contributed by atoms with E-state index in [0.717, 1.165) is 10.6 Å². The molecule has 0 unspecified atom stereocenters. The average Bonchev–Trinajstić information content (AvgIpc) is 2.68. The maximum absolute atomic E-state index is 10.8. The zero-order chi connectivity index (χ0) is 10.8. The van der Waals surface area contributed by atoms with Gasteiger partial charge in [-0.3, -0.25) is 4.79 Å². The van der Waals surface area contributed by atoms with E-state index in [1.807, 2.05) is 12.1 Å². The van der Waals surface area contributed by atoms with Crippen LogP contribution in [0.4, 0.5) is 0 Å². The van der Waals surface area contributed by atoms with Crippen molar-refractivity contribution >= 4 is 28.8 Å². The molecule has 0 saturated carbocycles. The van der Waals surface area contributed by atoms with Crippen molar-refractivity contribution in [1.29, 1.82) is 0 Å². The lowest BCUT2D eigenvalue weighted by Gasteiger charge is -1.95. The Morgan fingerprint density at radius 1 is 1.33 bits per heavy atom. The molecule has 1 aromatic carbocycles. The Bertz CT molecular complexity index is 492. The van der Waals surface area contributed by atoms with Crippen LogP contribution < -0.4 is 5.73 Å². The van der Waals surface area contributed by atoms with Crippen LogP contribution in [0.1, 0.15) is 10.5 Å². The molecule has 2 N–H and O–H groups in total. The Morgan fingerprint density at radius 3 is 2.53 bits per heavy atom. The highest BCUT2D eigenvalue weighted by molar-refractivity contribution is 7.13. The van der Waals surface area contributed by atoms with E-state index in [2.05, 4.69) is 4.98 Å². The third-order valence-electron chi connectivity index (χ3n) is 1.85. The number of rotatable bonds is 2. The van der Waals surface area contributed by atoms with Crippen LogP contribution in [0.15, 0.2) is 29.6 Å². The molecule has 0 aliphatic heterocycles. The van der Waals surface area contributed by atoms with E-state index in [0.29, 0.717) is 10.7 Å². The Morgan fingerprint density at radius 2 is 2.00 bits per heavy atom. The molecule has 1 heterocycles. The fraction of sp³-hybridized carbons (Fsp3) is 0. The summed E-state index contributed by atoms with van der Waals surface area (Å²) in [5.41, 5.74) is 6.34. The number of aromatic nitrogens is 1. The maximum Gasteiger partial charge on any atom is 0.268 e. The monoisotopic (exact) mass is 238 g/mol. The quantitative estimate of drug-likeness (QED) is 0.874. The SMILES string of the molecule is NC(=O)c1csc(-c2ccc(Cl)cc2)n1. The van der Waals surface area contributed by atoms with E-state index in [-0.39, 0.29) is 0 Å². The number of benzene rings is 1. The lowest BCUT2D eigenvalue weighted by atomic mass is 10.2. The minimum Gasteiger partial charge on any atom is -0.364 e. The van der Waals surface area contributed by atoms with Gasteiger partial charge in [0.25, 0.3) is 5.91 Å². The van der Waals surface area contributed by atoms with Gasteiger partial charge in [0.15, 0.2) is 0 Å².